The van der Waals surface area contributed by atoms with E-state index in [1.165, 1.54) is 16.2 Å². The van der Waals surface area contributed by atoms with Crippen molar-refractivity contribution in [3.63, 3.8) is 0 Å². The van der Waals surface area contributed by atoms with Gasteiger partial charge in [0.1, 0.15) is 0 Å². The fourth-order valence-electron chi connectivity index (χ4n) is 3.64. The summed E-state index contributed by atoms with van der Waals surface area (Å²) in [4.78, 5) is 13.2. The van der Waals surface area contributed by atoms with Gasteiger partial charge in [0.2, 0.25) is 0 Å². The van der Waals surface area contributed by atoms with Gasteiger partial charge in [-0.25, -0.2) is 0 Å². The second kappa shape index (κ2) is 9.45. The largest absolute Gasteiger partial charge is 0.294 e. The van der Waals surface area contributed by atoms with Crippen LogP contribution in [0, 0.1) is 0 Å². The predicted octanol–water partition coefficient (Wildman–Crippen LogP) is 6.13. The third kappa shape index (κ3) is 4.70. The number of hydrogen-bond acceptors (Lipinski definition) is 1. The second-order valence-electron chi connectivity index (χ2n) is 6.96. The van der Waals surface area contributed by atoms with E-state index >= 15 is 0 Å². The van der Waals surface area contributed by atoms with Gasteiger partial charge in [-0.05, 0) is 24.1 Å². The first-order valence-electron chi connectivity index (χ1n) is 9.85. The van der Waals surface area contributed by atoms with Crippen LogP contribution in [0.2, 0.25) is 0 Å². The summed E-state index contributed by atoms with van der Waals surface area (Å²) < 4.78 is 0. The number of carbonyl (C=O) groups is 1. The van der Waals surface area contributed by atoms with Gasteiger partial charge in [-0.2, -0.15) is 0 Å². The van der Waals surface area contributed by atoms with Crippen molar-refractivity contribution in [2.75, 3.05) is 0 Å². The Morgan fingerprint density at radius 3 is 1.48 bits per heavy atom. The van der Waals surface area contributed by atoms with Crippen molar-refractivity contribution >= 4 is 24.3 Å². The van der Waals surface area contributed by atoms with Crippen LogP contribution in [0.3, 0.4) is 0 Å². The third-order valence-electron chi connectivity index (χ3n) is 5.04. The number of Topliss-reactive ketones (excluding diaryl/α,β-unsaturated/α-hetero) is 1. The van der Waals surface area contributed by atoms with Crippen LogP contribution in [0.4, 0.5) is 0 Å². The van der Waals surface area contributed by atoms with E-state index in [1.54, 1.807) is 0 Å². The molecule has 1 atom stereocenters. The number of hydrogen-bond donors (Lipinski definition) is 0. The molecular formula is C27H23OP. The van der Waals surface area contributed by atoms with E-state index in [2.05, 4.69) is 84.9 Å². The monoisotopic (exact) mass is 394 g/mol. The van der Waals surface area contributed by atoms with Crippen molar-refractivity contribution in [2.24, 2.45) is 0 Å². The Labute approximate surface area is 173 Å². The van der Waals surface area contributed by atoms with Crippen LogP contribution in [-0.4, -0.2) is 5.78 Å². The van der Waals surface area contributed by atoms with E-state index in [4.69, 9.17) is 0 Å². The van der Waals surface area contributed by atoms with Crippen LogP contribution >= 0.6 is 7.92 Å². The Morgan fingerprint density at radius 2 is 1.00 bits per heavy atom. The zero-order valence-electron chi connectivity index (χ0n) is 16.2. The lowest BCUT2D eigenvalue weighted by Gasteiger charge is -2.29. The Kier molecular flexibility index (Phi) is 6.29. The van der Waals surface area contributed by atoms with E-state index in [9.17, 15) is 4.79 Å². The minimum atomic E-state index is -0.734. The maximum atomic E-state index is 13.2. The Hall–Kier alpha value is -3.02. The molecule has 0 saturated heterocycles. The summed E-state index contributed by atoms with van der Waals surface area (Å²) in [6, 6.07) is 41.4. The van der Waals surface area contributed by atoms with Gasteiger partial charge in [0.15, 0.2) is 5.78 Å². The summed E-state index contributed by atoms with van der Waals surface area (Å²) in [6.45, 7) is 0. The van der Waals surface area contributed by atoms with E-state index < -0.39 is 7.92 Å². The molecule has 4 aromatic carbocycles. The van der Waals surface area contributed by atoms with Crippen LogP contribution in [0.15, 0.2) is 121 Å². The average molecular weight is 394 g/mol. The van der Waals surface area contributed by atoms with E-state index in [1.807, 2.05) is 36.4 Å². The smallest absolute Gasteiger partial charge is 0.163 e. The first-order valence-corrected chi connectivity index (χ1v) is 11.3. The average Bonchev–Trinajstić information content (AvgIpc) is 2.81. The molecule has 29 heavy (non-hydrogen) atoms. The summed E-state index contributed by atoms with van der Waals surface area (Å²) in [5.41, 5.74) is 2.11. The highest BCUT2D eigenvalue weighted by Crippen LogP contribution is 2.51. The molecule has 0 radical (unpaired) electrons. The summed E-state index contributed by atoms with van der Waals surface area (Å²) >= 11 is 0. The first kappa shape index (κ1) is 19.3. The summed E-state index contributed by atoms with van der Waals surface area (Å²) in [5.74, 6) is 0.193. The van der Waals surface area contributed by atoms with Gasteiger partial charge >= 0.3 is 0 Å². The van der Waals surface area contributed by atoms with Crippen molar-refractivity contribution in [1.29, 1.82) is 0 Å². The van der Waals surface area contributed by atoms with E-state index in [-0.39, 0.29) is 11.4 Å². The Morgan fingerprint density at radius 1 is 0.586 bits per heavy atom. The molecule has 0 aliphatic carbocycles. The molecule has 0 amide bonds. The highest BCUT2D eigenvalue weighted by Gasteiger charge is 2.28. The van der Waals surface area contributed by atoms with Crippen LogP contribution < -0.4 is 10.6 Å². The number of carbonyl (C=O) groups excluding carboxylic acids is 1. The molecule has 0 saturated carbocycles. The molecule has 0 N–H and O–H groups in total. The second-order valence-corrected chi connectivity index (χ2v) is 9.36. The van der Waals surface area contributed by atoms with Gasteiger partial charge in [-0.3, -0.25) is 4.79 Å². The SMILES string of the molecule is O=C(C[C@@H](c1ccccc1)P(c1ccccc1)c1ccccc1)c1ccccc1. The lowest BCUT2D eigenvalue weighted by molar-refractivity contribution is 0.0981. The van der Waals surface area contributed by atoms with Crippen LogP contribution in [0.5, 0.6) is 0 Å². The fraction of sp³-hybridized carbons (Fsp3) is 0.0741. The zero-order valence-corrected chi connectivity index (χ0v) is 17.1. The molecule has 0 aliphatic rings. The van der Waals surface area contributed by atoms with Gasteiger partial charge in [0.25, 0.3) is 0 Å². The molecule has 0 spiro atoms. The van der Waals surface area contributed by atoms with Crippen LogP contribution in [-0.2, 0) is 0 Å². The van der Waals surface area contributed by atoms with Crippen molar-refractivity contribution in [3.8, 4) is 0 Å². The Bertz CT molecular complexity index is 991. The van der Waals surface area contributed by atoms with Crippen molar-refractivity contribution in [3.05, 3.63) is 132 Å². The van der Waals surface area contributed by atoms with Crippen molar-refractivity contribution in [1.82, 2.24) is 0 Å². The third-order valence-corrected chi connectivity index (χ3v) is 7.85. The lowest BCUT2D eigenvalue weighted by Crippen LogP contribution is -2.19. The lowest BCUT2D eigenvalue weighted by atomic mass is 10.0. The topological polar surface area (TPSA) is 17.1 Å². The van der Waals surface area contributed by atoms with Gasteiger partial charge in [-0.15, -0.1) is 0 Å². The number of ketones is 1. The number of rotatable bonds is 7. The summed E-state index contributed by atoms with van der Waals surface area (Å²) in [7, 11) is -0.734. The van der Waals surface area contributed by atoms with Crippen LogP contribution in [0.25, 0.3) is 0 Å². The normalized spacial score (nSPS) is 11.9. The van der Waals surface area contributed by atoms with Crippen molar-refractivity contribution in [2.45, 2.75) is 12.1 Å². The maximum Gasteiger partial charge on any atom is 0.163 e. The zero-order chi connectivity index (χ0) is 19.9. The molecule has 0 aromatic heterocycles. The molecule has 0 bridgehead atoms. The fourth-order valence-corrected chi connectivity index (χ4v) is 6.46. The molecule has 0 heterocycles. The highest BCUT2D eigenvalue weighted by atomic mass is 31.1. The molecule has 142 valence electrons. The standard InChI is InChI=1S/C27H23OP/c28-26(22-13-5-1-6-14-22)21-27(23-15-7-2-8-16-23)29(24-17-9-3-10-18-24)25-19-11-4-12-20-25/h1-20,27H,21H2/t27-/m0/s1. The quantitative estimate of drug-likeness (QED) is 0.272. The molecular weight excluding hydrogens is 371 g/mol. The van der Waals surface area contributed by atoms with E-state index in [0.29, 0.717) is 6.42 Å². The predicted molar refractivity (Wildman–Crippen MR) is 124 cm³/mol. The maximum absolute atomic E-state index is 13.2. The molecule has 4 rings (SSSR count). The molecule has 0 fully saturated rings. The Balaban J connectivity index is 1.80. The molecule has 0 aliphatic heterocycles. The van der Waals surface area contributed by atoms with Gasteiger partial charge in [0.05, 0.1) is 0 Å². The summed E-state index contributed by atoms with van der Waals surface area (Å²) in [6.07, 6.45) is 0.490. The molecule has 0 unspecified atom stereocenters. The van der Waals surface area contributed by atoms with Gasteiger partial charge in [-0.1, -0.05) is 121 Å². The summed E-state index contributed by atoms with van der Waals surface area (Å²) in [5, 5.41) is 2.59. The number of benzene rings is 4. The molecule has 2 heteroatoms. The minimum Gasteiger partial charge on any atom is -0.294 e. The molecule has 4 aromatic rings. The van der Waals surface area contributed by atoms with E-state index in [0.717, 1.165) is 5.56 Å². The van der Waals surface area contributed by atoms with Gasteiger partial charge < -0.3 is 0 Å². The minimum absolute atomic E-state index is 0.115. The van der Waals surface area contributed by atoms with Gasteiger partial charge in [0, 0.05) is 17.6 Å². The first-order chi connectivity index (χ1) is 14.3. The van der Waals surface area contributed by atoms with Crippen LogP contribution in [0.1, 0.15) is 28.0 Å². The highest BCUT2D eigenvalue weighted by molar-refractivity contribution is 7.73. The van der Waals surface area contributed by atoms with Crippen molar-refractivity contribution < 1.29 is 4.79 Å². The molecule has 1 nitrogen and oxygen atoms in total.